The van der Waals surface area contributed by atoms with Crippen molar-refractivity contribution in [2.75, 3.05) is 19.0 Å². The summed E-state index contributed by atoms with van der Waals surface area (Å²) < 4.78 is 2.18. The maximum atomic E-state index is 11.9. The topological polar surface area (TPSA) is 43.5 Å². The molecule has 174 valence electrons. The number of likely N-dealkylation sites (N-methyl/N-ethyl adjacent to an activating group) is 1. The fraction of sp³-hybridized carbons (Fsp3) is 0.267. The molecule has 0 spiro atoms. The van der Waals surface area contributed by atoms with E-state index in [2.05, 4.69) is 87.7 Å². The summed E-state index contributed by atoms with van der Waals surface area (Å²) in [7, 11) is 4.11. The number of para-hydroxylation sites is 2. The van der Waals surface area contributed by atoms with Crippen molar-refractivity contribution in [3.8, 4) is 0 Å². The molecule has 0 fully saturated rings. The summed E-state index contributed by atoms with van der Waals surface area (Å²) in [6.45, 7) is 8.78. The number of anilines is 1. The molecular weight excluding hydrogens is 420 g/mol. The SMILES string of the molecule is CN1\C(=C/C=C/C(=C/C=C/C2=[N+](C)c3ccccc3C2(C)C)C(=O)O)C(C)(C)c2ccccc21. The third-order valence-corrected chi connectivity index (χ3v) is 7.19. The van der Waals surface area contributed by atoms with Crippen molar-refractivity contribution in [3.63, 3.8) is 0 Å². The van der Waals surface area contributed by atoms with E-state index >= 15 is 0 Å². The number of nitrogens with zero attached hydrogens (tertiary/aromatic N) is 2. The highest BCUT2D eigenvalue weighted by molar-refractivity contribution is 6.03. The average Bonchev–Trinajstić information content (AvgIpc) is 3.12. The van der Waals surface area contributed by atoms with E-state index in [-0.39, 0.29) is 16.4 Å². The number of aliphatic carboxylic acids is 1. The van der Waals surface area contributed by atoms with Crippen molar-refractivity contribution < 1.29 is 14.5 Å². The number of allylic oxidation sites excluding steroid dienone is 6. The minimum atomic E-state index is -0.950. The van der Waals surface area contributed by atoms with E-state index < -0.39 is 5.97 Å². The second-order valence-electron chi connectivity index (χ2n) is 9.98. The summed E-state index contributed by atoms with van der Waals surface area (Å²) in [5.41, 5.74) is 7.13. The quantitative estimate of drug-likeness (QED) is 0.337. The van der Waals surface area contributed by atoms with Crippen molar-refractivity contribution in [1.29, 1.82) is 0 Å². The van der Waals surface area contributed by atoms with Gasteiger partial charge in [-0.15, -0.1) is 0 Å². The van der Waals surface area contributed by atoms with Gasteiger partial charge in [0.05, 0.1) is 11.0 Å². The summed E-state index contributed by atoms with van der Waals surface area (Å²) >= 11 is 0. The summed E-state index contributed by atoms with van der Waals surface area (Å²) in [6.07, 6.45) is 11.0. The second-order valence-corrected chi connectivity index (χ2v) is 9.98. The normalized spacial score (nSPS) is 20.0. The average molecular weight is 454 g/mol. The molecule has 0 saturated carbocycles. The van der Waals surface area contributed by atoms with Gasteiger partial charge in [0.25, 0.3) is 0 Å². The van der Waals surface area contributed by atoms with Gasteiger partial charge in [0.1, 0.15) is 7.05 Å². The van der Waals surface area contributed by atoms with Crippen molar-refractivity contribution in [1.82, 2.24) is 0 Å². The van der Waals surface area contributed by atoms with Crippen LogP contribution in [0.3, 0.4) is 0 Å². The summed E-state index contributed by atoms with van der Waals surface area (Å²) in [6, 6.07) is 16.7. The Kier molecular flexibility index (Phi) is 5.94. The lowest BCUT2D eigenvalue weighted by Gasteiger charge is -2.23. The molecule has 0 aromatic heterocycles. The number of carboxylic acid groups (broad SMARTS) is 1. The summed E-state index contributed by atoms with van der Waals surface area (Å²) in [5, 5.41) is 9.75. The highest BCUT2D eigenvalue weighted by Crippen LogP contribution is 2.46. The van der Waals surface area contributed by atoms with Gasteiger partial charge in [-0.2, -0.15) is 4.58 Å². The molecule has 0 aliphatic carbocycles. The van der Waals surface area contributed by atoms with Crippen molar-refractivity contribution >= 4 is 23.1 Å². The van der Waals surface area contributed by atoms with E-state index in [4.69, 9.17) is 0 Å². The van der Waals surface area contributed by atoms with E-state index in [1.807, 2.05) is 36.4 Å². The van der Waals surface area contributed by atoms with Crippen LogP contribution >= 0.6 is 0 Å². The van der Waals surface area contributed by atoms with E-state index in [9.17, 15) is 9.90 Å². The maximum Gasteiger partial charge on any atom is 0.335 e. The molecule has 0 bridgehead atoms. The van der Waals surface area contributed by atoms with Crippen molar-refractivity contribution in [2.24, 2.45) is 0 Å². The molecule has 4 heteroatoms. The van der Waals surface area contributed by atoms with Crippen LogP contribution < -0.4 is 4.90 Å². The van der Waals surface area contributed by atoms with Crippen LogP contribution in [0.4, 0.5) is 11.4 Å². The Bertz CT molecular complexity index is 1300. The number of carbonyl (C=O) groups is 1. The first-order valence-corrected chi connectivity index (χ1v) is 11.6. The minimum Gasteiger partial charge on any atom is -0.478 e. The summed E-state index contributed by atoms with van der Waals surface area (Å²) in [4.78, 5) is 14.1. The van der Waals surface area contributed by atoms with Gasteiger partial charge in [-0.25, -0.2) is 4.79 Å². The molecular formula is C30H33N2O2+. The lowest BCUT2D eigenvalue weighted by molar-refractivity contribution is -0.401. The predicted molar refractivity (Wildman–Crippen MR) is 140 cm³/mol. The van der Waals surface area contributed by atoms with Gasteiger partial charge >= 0.3 is 5.97 Å². The van der Waals surface area contributed by atoms with Crippen molar-refractivity contribution in [3.05, 3.63) is 107 Å². The Hall–Kier alpha value is -3.66. The highest BCUT2D eigenvalue weighted by Gasteiger charge is 2.42. The predicted octanol–water partition coefficient (Wildman–Crippen LogP) is 6.13. The monoisotopic (exact) mass is 453 g/mol. The van der Waals surface area contributed by atoms with Crippen LogP contribution in [-0.2, 0) is 15.6 Å². The zero-order valence-electron chi connectivity index (χ0n) is 20.8. The molecule has 0 unspecified atom stereocenters. The fourth-order valence-electron chi connectivity index (χ4n) is 5.29. The molecule has 0 radical (unpaired) electrons. The highest BCUT2D eigenvalue weighted by atomic mass is 16.4. The molecule has 4 rings (SSSR count). The fourth-order valence-corrected chi connectivity index (χ4v) is 5.29. The van der Waals surface area contributed by atoms with E-state index in [1.54, 1.807) is 12.2 Å². The summed E-state index contributed by atoms with van der Waals surface area (Å²) in [5.74, 6) is -0.950. The van der Waals surface area contributed by atoms with Gasteiger partial charge in [-0.1, -0.05) is 62.4 Å². The van der Waals surface area contributed by atoms with Crippen molar-refractivity contribution in [2.45, 2.75) is 38.5 Å². The number of hydrogen-bond acceptors (Lipinski definition) is 2. The van der Waals surface area contributed by atoms with Crippen LogP contribution in [-0.4, -0.2) is 35.5 Å². The lowest BCUT2D eigenvalue weighted by atomic mass is 9.81. The Morgan fingerprint density at radius 1 is 0.941 bits per heavy atom. The number of hydrogen-bond donors (Lipinski definition) is 1. The van der Waals surface area contributed by atoms with E-state index in [0.717, 1.165) is 11.4 Å². The molecule has 4 nitrogen and oxygen atoms in total. The minimum absolute atomic E-state index is 0.146. The number of fused-ring (bicyclic) bond motifs is 2. The molecule has 2 aromatic rings. The molecule has 0 atom stereocenters. The van der Waals surface area contributed by atoms with Crippen LogP contribution in [0.25, 0.3) is 0 Å². The molecule has 2 aromatic carbocycles. The van der Waals surface area contributed by atoms with E-state index in [0.29, 0.717) is 0 Å². The number of carboxylic acids is 1. The Labute approximate surface area is 202 Å². The van der Waals surface area contributed by atoms with Crippen LogP contribution in [0.15, 0.2) is 96.3 Å². The van der Waals surface area contributed by atoms with Crippen LogP contribution in [0.2, 0.25) is 0 Å². The molecule has 2 aliphatic rings. The van der Waals surface area contributed by atoms with Gasteiger partial charge in [0.15, 0.2) is 5.71 Å². The smallest absolute Gasteiger partial charge is 0.335 e. The number of rotatable bonds is 5. The first kappa shape index (κ1) is 23.5. The largest absolute Gasteiger partial charge is 0.478 e. The van der Waals surface area contributed by atoms with Crippen LogP contribution in [0, 0.1) is 0 Å². The van der Waals surface area contributed by atoms with Crippen LogP contribution in [0.1, 0.15) is 38.8 Å². The molecule has 0 saturated heterocycles. The van der Waals surface area contributed by atoms with Gasteiger partial charge in [0.2, 0.25) is 5.69 Å². The van der Waals surface area contributed by atoms with Gasteiger partial charge in [0, 0.05) is 41.6 Å². The Morgan fingerprint density at radius 2 is 1.59 bits per heavy atom. The standard InChI is InChI=1S/C30H32N2O2/c1-29(2)22-15-7-9-17-24(22)31(5)26(29)19-11-13-21(28(33)34)14-12-20-27-30(3,4)23-16-8-10-18-25(23)32(27)6/h7-20H,1-6H3/p+1. The lowest BCUT2D eigenvalue weighted by Crippen LogP contribution is -2.26. The molecule has 34 heavy (non-hydrogen) atoms. The zero-order valence-corrected chi connectivity index (χ0v) is 20.8. The molecule has 1 N–H and O–H groups in total. The first-order valence-electron chi connectivity index (χ1n) is 11.6. The van der Waals surface area contributed by atoms with Crippen LogP contribution in [0.5, 0.6) is 0 Å². The third-order valence-electron chi connectivity index (χ3n) is 7.19. The Balaban J connectivity index is 1.59. The number of benzene rings is 2. The van der Waals surface area contributed by atoms with E-state index in [1.165, 1.54) is 22.5 Å². The second kappa shape index (κ2) is 8.60. The van der Waals surface area contributed by atoms with Gasteiger partial charge < -0.3 is 10.0 Å². The third kappa shape index (κ3) is 3.83. The zero-order chi connectivity index (χ0) is 24.7. The molecule has 2 aliphatic heterocycles. The first-order chi connectivity index (χ1) is 16.1. The molecule has 2 heterocycles. The molecule has 0 amide bonds. The van der Waals surface area contributed by atoms with Gasteiger partial charge in [-0.05, 0) is 43.7 Å². The van der Waals surface area contributed by atoms with Gasteiger partial charge in [-0.3, -0.25) is 0 Å². The maximum absolute atomic E-state index is 11.9. The Morgan fingerprint density at radius 3 is 2.24 bits per heavy atom.